The van der Waals surface area contributed by atoms with Crippen molar-refractivity contribution in [2.45, 2.75) is 19.4 Å². The first kappa shape index (κ1) is 13.4. The number of hydrogen-bond donors (Lipinski definition) is 1. The first-order chi connectivity index (χ1) is 9.28. The molecular formula is C15H16N2OS. The van der Waals surface area contributed by atoms with Crippen LogP contribution in [-0.4, -0.2) is 7.11 Å². The minimum absolute atomic E-state index is 0.221. The summed E-state index contributed by atoms with van der Waals surface area (Å²) in [4.78, 5) is 1.27. The molecule has 0 radical (unpaired) electrons. The quantitative estimate of drug-likeness (QED) is 0.887. The van der Waals surface area contributed by atoms with Gasteiger partial charge in [0, 0.05) is 10.9 Å². The molecule has 1 unspecified atom stereocenters. The van der Waals surface area contributed by atoms with Crippen LogP contribution in [0.1, 0.15) is 29.8 Å². The average molecular weight is 272 g/mol. The van der Waals surface area contributed by atoms with Crippen molar-refractivity contribution in [3.8, 4) is 11.8 Å². The van der Waals surface area contributed by atoms with Crippen LogP contribution < -0.4 is 10.1 Å². The summed E-state index contributed by atoms with van der Waals surface area (Å²) in [5.41, 5.74) is 1.46. The zero-order chi connectivity index (χ0) is 13.7. The van der Waals surface area contributed by atoms with Crippen LogP contribution in [0, 0.1) is 11.3 Å². The Morgan fingerprint density at radius 2 is 2.26 bits per heavy atom. The van der Waals surface area contributed by atoms with Crippen LogP contribution in [0.3, 0.4) is 0 Å². The maximum atomic E-state index is 9.17. The third-order valence-electron chi connectivity index (χ3n) is 2.97. The smallest absolute Gasteiger partial charge is 0.121 e. The predicted molar refractivity (Wildman–Crippen MR) is 78.7 cm³/mol. The van der Waals surface area contributed by atoms with Crippen molar-refractivity contribution in [1.82, 2.24) is 0 Å². The van der Waals surface area contributed by atoms with Crippen molar-refractivity contribution in [1.29, 1.82) is 5.26 Å². The predicted octanol–water partition coefficient (Wildman–Crippen LogP) is 4.19. The second-order valence-electron chi connectivity index (χ2n) is 4.14. The Morgan fingerprint density at radius 3 is 2.84 bits per heavy atom. The van der Waals surface area contributed by atoms with Crippen molar-refractivity contribution < 1.29 is 4.74 Å². The summed E-state index contributed by atoms with van der Waals surface area (Å²) in [7, 11) is 1.63. The molecule has 1 N–H and O–H groups in total. The Morgan fingerprint density at radius 1 is 1.42 bits per heavy atom. The second kappa shape index (κ2) is 6.26. The van der Waals surface area contributed by atoms with Gasteiger partial charge in [0.05, 0.1) is 24.4 Å². The lowest BCUT2D eigenvalue weighted by Gasteiger charge is -2.18. The normalized spacial score (nSPS) is 11.6. The lowest BCUT2D eigenvalue weighted by atomic mass is 10.1. The zero-order valence-corrected chi connectivity index (χ0v) is 11.8. The summed E-state index contributed by atoms with van der Waals surface area (Å²) in [5, 5.41) is 14.7. The molecule has 1 aromatic heterocycles. The lowest BCUT2D eigenvalue weighted by Crippen LogP contribution is -2.09. The van der Waals surface area contributed by atoms with Gasteiger partial charge in [-0.2, -0.15) is 5.26 Å². The van der Waals surface area contributed by atoms with E-state index in [0.717, 1.165) is 17.9 Å². The third kappa shape index (κ3) is 3.07. The van der Waals surface area contributed by atoms with Gasteiger partial charge in [-0.05, 0) is 30.0 Å². The number of methoxy groups -OCH3 is 1. The van der Waals surface area contributed by atoms with Crippen molar-refractivity contribution in [2.24, 2.45) is 0 Å². The Bertz CT molecular complexity index is 572. The molecule has 19 heavy (non-hydrogen) atoms. The highest BCUT2D eigenvalue weighted by Gasteiger charge is 2.13. The van der Waals surface area contributed by atoms with Gasteiger partial charge in [-0.15, -0.1) is 11.3 Å². The Kier molecular flexibility index (Phi) is 4.43. The van der Waals surface area contributed by atoms with E-state index in [2.05, 4.69) is 29.8 Å². The number of benzene rings is 1. The summed E-state index contributed by atoms with van der Waals surface area (Å²) < 4.78 is 5.21. The van der Waals surface area contributed by atoms with E-state index in [9.17, 15) is 0 Å². The number of rotatable bonds is 5. The highest BCUT2D eigenvalue weighted by molar-refractivity contribution is 7.10. The summed E-state index contributed by atoms with van der Waals surface area (Å²) in [5.74, 6) is 0.752. The number of nitrogens with one attached hydrogen (secondary N) is 1. The third-order valence-corrected chi connectivity index (χ3v) is 3.96. The van der Waals surface area contributed by atoms with E-state index in [1.807, 2.05) is 12.1 Å². The topological polar surface area (TPSA) is 45.0 Å². The summed E-state index contributed by atoms with van der Waals surface area (Å²) in [6.45, 7) is 2.13. The van der Waals surface area contributed by atoms with Gasteiger partial charge in [0.1, 0.15) is 11.8 Å². The first-order valence-electron chi connectivity index (χ1n) is 6.16. The van der Waals surface area contributed by atoms with Gasteiger partial charge in [0.2, 0.25) is 0 Å². The van der Waals surface area contributed by atoms with E-state index >= 15 is 0 Å². The Labute approximate surface area is 117 Å². The zero-order valence-electron chi connectivity index (χ0n) is 11.0. The van der Waals surface area contributed by atoms with Crippen molar-refractivity contribution >= 4 is 17.0 Å². The molecule has 1 atom stereocenters. The largest absolute Gasteiger partial charge is 0.497 e. The molecule has 4 heteroatoms. The fourth-order valence-corrected chi connectivity index (χ4v) is 2.78. The van der Waals surface area contributed by atoms with Crippen LogP contribution in [0.4, 0.5) is 5.69 Å². The van der Waals surface area contributed by atoms with Crippen LogP contribution in [-0.2, 0) is 0 Å². The molecule has 0 aliphatic rings. The van der Waals surface area contributed by atoms with Crippen LogP contribution in [0.25, 0.3) is 0 Å². The van der Waals surface area contributed by atoms with Gasteiger partial charge < -0.3 is 10.1 Å². The SMILES string of the molecule is CCC(Nc1cc(OC)ccc1C#N)c1cccs1. The standard InChI is InChI=1S/C15H16N2OS/c1-3-13(15-5-4-8-19-15)17-14-9-12(18-2)7-6-11(14)10-16/h4-9,13,17H,3H2,1-2H3. The van der Waals surface area contributed by atoms with Crippen molar-refractivity contribution in [2.75, 3.05) is 12.4 Å². The fourth-order valence-electron chi connectivity index (χ4n) is 1.92. The number of nitrogens with zero attached hydrogens (tertiary/aromatic N) is 1. The highest BCUT2D eigenvalue weighted by atomic mass is 32.1. The maximum absolute atomic E-state index is 9.17. The highest BCUT2D eigenvalue weighted by Crippen LogP contribution is 2.29. The average Bonchev–Trinajstić information content (AvgIpc) is 2.98. The van der Waals surface area contributed by atoms with E-state index in [4.69, 9.17) is 10.00 Å². The molecule has 1 heterocycles. The Hall–Kier alpha value is -1.99. The lowest BCUT2D eigenvalue weighted by molar-refractivity contribution is 0.415. The molecular weight excluding hydrogens is 256 g/mol. The van der Waals surface area contributed by atoms with Crippen molar-refractivity contribution in [3.63, 3.8) is 0 Å². The van der Waals surface area contributed by atoms with E-state index in [0.29, 0.717) is 5.56 Å². The summed E-state index contributed by atoms with van der Waals surface area (Å²) >= 11 is 1.72. The molecule has 2 rings (SSSR count). The molecule has 1 aromatic carbocycles. The van der Waals surface area contributed by atoms with Crippen LogP contribution in [0.15, 0.2) is 35.7 Å². The maximum Gasteiger partial charge on any atom is 0.121 e. The molecule has 98 valence electrons. The van der Waals surface area contributed by atoms with Crippen LogP contribution >= 0.6 is 11.3 Å². The molecule has 3 nitrogen and oxygen atoms in total. The molecule has 0 aliphatic carbocycles. The molecule has 0 fully saturated rings. The minimum atomic E-state index is 0.221. The monoisotopic (exact) mass is 272 g/mol. The van der Waals surface area contributed by atoms with Crippen LogP contribution in [0.2, 0.25) is 0 Å². The molecule has 0 amide bonds. The Balaban J connectivity index is 2.28. The number of ether oxygens (including phenoxy) is 1. The molecule has 0 saturated carbocycles. The van der Waals surface area contributed by atoms with Crippen LogP contribution in [0.5, 0.6) is 5.75 Å². The molecule has 0 bridgehead atoms. The van der Waals surface area contributed by atoms with Gasteiger partial charge in [-0.3, -0.25) is 0 Å². The number of anilines is 1. The first-order valence-corrected chi connectivity index (χ1v) is 7.04. The van der Waals surface area contributed by atoms with Gasteiger partial charge in [0.15, 0.2) is 0 Å². The van der Waals surface area contributed by atoms with E-state index in [1.165, 1.54) is 4.88 Å². The van der Waals surface area contributed by atoms with E-state index in [-0.39, 0.29) is 6.04 Å². The number of hydrogen-bond acceptors (Lipinski definition) is 4. The second-order valence-corrected chi connectivity index (χ2v) is 5.12. The van der Waals surface area contributed by atoms with Gasteiger partial charge in [0.25, 0.3) is 0 Å². The minimum Gasteiger partial charge on any atom is -0.497 e. The molecule has 0 aliphatic heterocycles. The summed E-state index contributed by atoms with van der Waals surface area (Å²) in [6, 6.07) is 12.0. The number of nitriles is 1. The van der Waals surface area contributed by atoms with E-state index < -0.39 is 0 Å². The van der Waals surface area contributed by atoms with E-state index in [1.54, 1.807) is 30.6 Å². The van der Waals surface area contributed by atoms with Gasteiger partial charge >= 0.3 is 0 Å². The summed E-state index contributed by atoms with van der Waals surface area (Å²) in [6.07, 6.45) is 0.961. The number of thiophene rings is 1. The molecule has 0 spiro atoms. The van der Waals surface area contributed by atoms with Crippen molar-refractivity contribution in [3.05, 3.63) is 46.2 Å². The molecule has 2 aromatic rings. The molecule has 0 saturated heterocycles. The van der Waals surface area contributed by atoms with Gasteiger partial charge in [-0.1, -0.05) is 13.0 Å². The van der Waals surface area contributed by atoms with Gasteiger partial charge in [-0.25, -0.2) is 0 Å². The fraction of sp³-hybridized carbons (Fsp3) is 0.267.